The van der Waals surface area contributed by atoms with Crippen LogP contribution >= 0.6 is 0 Å². The summed E-state index contributed by atoms with van der Waals surface area (Å²) in [6, 6.07) is 9.83. The molecule has 1 unspecified atom stereocenters. The molecule has 6 nitrogen and oxygen atoms in total. The average molecular weight is 367 g/mol. The minimum Gasteiger partial charge on any atom is -0.486 e. The van der Waals surface area contributed by atoms with Crippen molar-refractivity contribution in [2.75, 3.05) is 30.0 Å². The van der Waals surface area contributed by atoms with Gasteiger partial charge in [-0.3, -0.25) is 9.78 Å². The fraction of sp³-hybridized carbons (Fsp3) is 0.429. The number of rotatable bonds is 4. The van der Waals surface area contributed by atoms with E-state index in [0.717, 1.165) is 18.7 Å². The quantitative estimate of drug-likeness (QED) is 0.889. The normalized spacial score (nSPS) is 18.9. The highest BCUT2D eigenvalue weighted by atomic mass is 16.6. The second kappa shape index (κ2) is 7.86. The third kappa shape index (κ3) is 3.84. The molecular formula is C21H25N3O3. The number of hydrogen-bond donors (Lipinski definition) is 1. The molecule has 1 saturated heterocycles. The number of ether oxygens (including phenoxy) is 2. The van der Waals surface area contributed by atoms with Gasteiger partial charge in [-0.2, -0.15) is 0 Å². The maximum atomic E-state index is 12.7. The number of pyridine rings is 1. The van der Waals surface area contributed by atoms with Crippen LogP contribution in [0.1, 0.15) is 43.1 Å². The number of piperidine rings is 1. The van der Waals surface area contributed by atoms with Crippen LogP contribution in [0.2, 0.25) is 0 Å². The van der Waals surface area contributed by atoms with Gasteiger partial charge in [0.15, 0.2) is 11.5 Å². The second-order valence-corrected chi connectivity index (χ2v) is 6.96. The molecule has 4 rings (SSSR count). The van der Waals surface area contributed by atoms with Crippen molar-refractivity contribution in [3.63, 3.8) is 0 Å². The summed E-state index contributed by atoms with van der Waals surface area (Å²) in [7, 11) is 0. The molecule has 0 bridgehead atoms. The van der Waals surface area contributed by atoms with Crippen LogP contribution in [0.5, 0.6) is 11.5 Å². The zero-order chi connectivity index (χ0) is 18.6. The van der Waals surface area contributed by atoms with E-state index in [-0.39, 0.29) is 5.91 Å². The number of aromatic nitrogens is 1. The van der Waals surface area contributed by atoms with Crippen molar-refractivity contribution in [2.24, 2.45) is 0 Å². The number of nitrogens with one attached hydrogen (secondary N) is 1. The zero-order valence-electron chi connectivity index (χ0n) is 15.6. The Morgan fingerprint density at radius 3 is 2.89 bits per heavy atom. The maximum absolute atomic E-state index is 12.7. The van der Waals surface area contributed by atoms with Gasteiger partial charge in [-0.1, -0.05) is 6.92 Å². The molecule has 1 N–H and O–H groups in total. The van der Waals surface area contributed by atoms with Gasteiger partial charge in [0, 0.05) is 36.2 Å². The number of hydrogen-bond acceptors (Lipinski definition) is 5. The van der Waals surface area contributed by atoms with Crippen LogP contribution in [0.25, 0.3) is 0 Å². The molecule has 0 radical (unpaired) electrons. The number of fused-ring (bicyclic) bond motifs is 1. The Morgan fingerprint density at radius 1 is 1.19 bits per heavy atom. The molecule has 1 aromatic heterocycles. The summed E-state index contributed by atoms with van der Waals surface area (Å²) in [5, 5.41) is 2.91. The molecule has 0 saturated carbocycles. The van der Waals surface area contributed by atoms with E-state index in [1.807, 2.05) is 24.3 Å². The fourth-order valence-corrected chi connectivity index (χ4v) is 3.80. The Morgan fingerprint density at radius 2 is 2.04 bits per heavy atom. The summed E-state index contributed by atoms with van der Waals surface area (Å²) >= 11 is 0. The Labute approximate surface area is 159 Å². The van der Waals surface area contributed by atoms with E-state index < -0.39 is 0 Å². The first-order valence-corrected chi connectivity index (χ1v) is 9.68. The predicted octanol–water partition coefficient (Wildman–Crippen LogP) is 3.87. The molecular weight excluding hydrogens is 342 g/mol. The summed E-state index contributed by atoms with van der Waals surface area (Å²) in [6.07, 6.45) is 6.50. The zero-order valence-corrected chi connectivity index (χ0v) is 15.6. The van der Waals surface area contributed by atoms with Crippen molar-refractivity contribution in [3.8, 4) is 11.5 Å². The van der Waals surface area contributed by atoms with Crippen LogP contribution in [0.15, 0.2) is 36.5 Å². The summed E-state index contributed by atoms with van der Waals surface area (Å²) in [5.41, 5.74) is 2.16. The van der Waals surface area contributed by atoms with E-state index in [1.165, 1.54) is 19.3 Å². The Kier molecular flexibility index (Phi) is 5.14. The molecule has 2 aliphatic rings. The van der Waals surface area contributed by atoms with E-state index in [1.54, 1.807) is 12.3 Å². The van der Waals surface area contributed by atoms with Crippen molar-refractivity contribution >= 4 is 17.3 Å². The molecule has 1 aromatic carbocycles. The van der Waals surface area contributed by atoms with E-state index in [0.29, 0.717) is 42.1 Å². The van der Waals surface area contributed by atoms with Crippen molar-refractivity contribution in [1.82, 2.24) is 4.98 Å². The Hall–Kier alpha value is -2.76. The number of nitrogens with zero attached hydrogens (tertiary/aromatic N) is 2. The molecule has 142 valence electrons. The summed E-state index contributed by atoms with van der Waals surface area (Å²) in [5.74, 6) is 1.13. The minimum absolute atomic E-state index is 0.224. The molecule has 3 heterocycles. The second-order valence-electron chi connectivity index (χ2n) is 6.96. The number of carbonyl (C=O) groups excluding carboxylic acids is 1. The van der Waals surface area contributed by atoms with Gasteiger partial charge in [-0.25, -0.2) is 0 Å². The standard InChI is InChI=1S/C21H25N3O3/c1-2-16-5-3-4-10-24(16)17-8-9-22-18(14-17)21(25)23-15-6-7-19-20(13-15)27-12-11-26-19/h6-9,13-14,16H,2-5,10-12H2,1H3,(H,23,25). The number of benzene rings is 1. The fourth-order valence-electron chi connectivity index (χ4n) is 3.80. The van der Waals surface area contributed by atoms with Crippen molar-refractivity contribution in [2.45, 2.75) is 38.6 Å². The molecule has 0 aliphatic carbocycles. The molecule has 6 heteroatoms. The molecule has 1 amide bonds. The van der Waals surface area contributed by atoms with Crippen LogP contribution in [-0.4, -0.2) is 36.7 Å². The minimum atomic E-state index is -0.224. The van der Waals surface area contributed by atoms with Crippen molar-refractivity contribution in [1.29, 1.82) is 0 Å². The first-order chi connectivity index (χ1) is 13.2. The van der Waals surface area contributed by atoms with E-state index in [4.69, 9.17) is 9.47 Å². The Bertz CT molecular complexity index is 824. The summed E-state index contributed by atoms with van der Waals surface area (Å²) < 4.78 is 11.1. The van der Waals surface area contributed by atoms with Gasteiger partial charge in [0.05, 0.1) is 0 Å². The van der Waals surface area contributed by atoms with Crippen LogP contribution in [0.4, 0.5) is 11.4 Å². The third-order valence-corrected chi connectivity index (χ3v) is 5.21. The van der Waals surface area contributed by atoms with Gasteiger partial charge in [0.25, 0.3) is 5.91 Å². The molecule has 1 fully saturated rings. The van der Waals surface area contributed by atoms with Crippen LogP contribution < -0.4 is 19.7 Å². The van der Waals surface area contributed by atoms with Gasteiger partial charge in [0.1, 0.15) is 18.9 Å². The van der Waals surface area contributed by atoms with Gasteiger partial charge in [0.2, 0.25) is 0 Å². The first-order valence-electron chi connectivity index (χ1n) is 9.68. The van der Waals surface area contributed by atoms with Crippen molar-refractivity contribution < 1.29 is 14.3 Å². The molecule has 2 aromatic rings. The highest BCUT2D eigenvalue weighted by molar-refractivity contribution is 6.03. The molecule has 2 aliphatic heterocycles. The largest absolute Gasteiger partial charge is 0.486 e. The summed E-state index contributed by atoms with van der Waals surface area (Å²) in [4.78, 5) is 19.4. The lowest BCUT2D eigenvalue weighted by molar-refractivity contribution is 0.102. The first kappa shape index (κ1) is 17.6. The van der Waals surface area contributed by atoms with Crippen LogP contribution in [0.3, 0.4) is 0 Å². The summed E-state index contributed by atoms with van der Waals surface area (Å²) in [6.45, 7) is 4.32. The van der Waals surface area contributed by atoms with Gasteiger partial charge >= 0.3 is 0 Å². The van der Waals surface area contributed by atoms with Crippen molar-refractivity contribution in [3.05, 3.63) is 42.2 Å². The topological polar surface area (TPSA) is 63.7 Å². The SMILES string of the molecule is CCC1CCCCN1c1ccnc(C(=O)Nc2ccc3c(c2)OCCO3)c1. The van der Waals surface area contributed by atoms with Gasteiger partial charge in [-0.15, -0.1) is 0 Å². The Balaban J connectivity index is 1.50. The van der Waals surface area contributed by atoms with Gasteiger partial charge < -0.3 is 19.7 Å². The highest BCUT2D eigenvalue weighted by Crippen LogP contribution is 2.33. The predicted molar refractivity (Wildman–Crippen MR) is 105 cm³/mol. The number of anilines is 2. The molecule has 1 atom stereocenters. The monoisotopic (exact) mass is 367 g/mol. The lowest BCUT2D eigenvalue weighted by Crippen LogP contribution is -2.39. The third-order valence-electron chi connectivity index (χ3n) is 5.21. The van der Waals surface area contributed by atoms with Crippen LogP contribution in [0, 0.1) is 0 Å². The van der Waals surface area contributed by atoms with E-state index in [2.05, 4.69) is 22.1 Å². The smallest absolute Gasteiger partial charge is 0.274 e. The van der Waals surface area contributed by atoms with E-state index in [9.17, 15) is 4.79 Å². The lowest BCUT2D eigenvalue weighted by Gasteiger charge is -2.37. The van der Waals surface area contributed by atoms with E-state index >= 15 is 0 Å². The number of amides is 1. The van der Waals surface area contributed by atoms with Crippen LogP contribution in [-0.2, 0) is 0 Å². The maximum Gasteiger partial charge on any atom is 0.274 e. The number of carbonyl (C=O) groups is 1. The average Bonchev–Trinajstić information content (AvgIpc) is 2.73. The molecule has 27 heavy (non-hydrogen) atoms. The van der Waals surface area contributed by atoms with Gasteiger partial charge in [-0.05, 0) is 49.9 Å². The lowest BCUT2D eigenvalue weighted by atomic mass is 9.99. The highest BCUT2D eigenvalue weighted by Gasteiger charge is 2.22. The molecule has 0 spiro atoms.